The maximum atomic E-state index is 12.9. The van der Waals surface area contributed by atoms with Crippen molar-refractivity contribution >= 4 is 55.3 Å². The van der Waals surface area contributed by atoms with Crippen molar-refractivity contribution in [2.75, 3.05) is 11.5 Å². The molecule has 2 fully saturated rings. The zero-order chi connectivity index (χ0) is 23.1. The molecule has 0 aromatic heterocycles. The van der Waals surface area contributed by atoms with Gasteiger partial charge in [-0.1, -0.05) is 83.7 Å². The molecule has 2 amide bonds. The first-order valence-electron chi connectivity index (χ1n) is 11.9. The number of alkyl halides is 2. The first-order chi connectivity index (χ1) is 15.4. The molecule has 1 saturated heterocycles. The Hall–Kier alpha value is -1.21. The summed E-state index contributed by atoms with van der Waals surface area (Å²) in [5.41, 5.74) is 0.956. The second-order valence-electron chi connectivity index (χ2n) is 8.89. The Morgan fingerprint density at radius 3 is 1.91 bits per heavy atom. The standard InChI is InChI=1S/C25H33Br2NO4/c1-2-3-4-5-6-7-8-9-14-32-25(31)17-10-12-18(13-11-17)28-23(29)19-15-21(26)22(27)16-20(19)24(28)30/h10-13,19-22H,2-9,14-16H2,1H3/t19-,20-,21+,22+/m0/s1. The van der Waals surface area contributed by atoms with Gasteiger partial charge in [0.2, 0.25) is 11.8 Å². The van der Waals surface area contributed by atoms with Gasteiger partial charge in [0.15, 0.2) is 0 Å². The third-order valence-corrected chi connectivity index (χ3v) is 9.24. The number of esters is 1. The predicted molar refractivity (Wildman–Crippen MR) is 133 cm³/mol. The van der Waals surface area contributed by atoms with Gasteiger partial charge in [0.1, 0.15) is 0 Å². The van der Waals surface area contributed by atoms with E-state index < -0.39 is 0 Å². The van der Waals surface area contributed by atoms with E-state index in [0.717, 1.165) is 12.8 Å². The summed E-state index contributed by atoms with van der Waals surface area (Å²) in [6, 6.07) is 6.59. The second-order valence-corrected chi connectivity index (χ2v) is 11.2. The van der Waals surface area contributed by atoms with E-state index in [-0.39, 0.29) is 39.3 Å². The van der Waals surface area contributed by atoms with Crippen molar-refractivity contribution in [3.8, 4) is 0 Å². The minimum Gasteiger partial charge on any atom is -0.462 e. The van der Waals surface area contributed by atoms with Gasteiger partial charge in [-0.05, 0) is 43.5 Å². The van der Waals surface area contributed by atoms with Crippen molar-refractivity contribution in [1.82, 2.24) is 0 Å². The molecule has 1 aromatic rings. The number of hydrogen-bond acceptors (Lipinski definition) is 4. The third-order valence-electron chi connectivity index (χ3n) is 6.50. The van der Waals surface area contributed by atoms with Crippen LogP contribution in [0.4, 0.5) is 5.69 Å². The summed E-state index contributed by atoms with van der Waals surface area (Å²) in [5.74, 6) is -1.21. The molecule has 5 nitrogen and oxygen atoms in total. The minimum atomic E-state index is -0.364. The van der Waals surface area contributed by atoms with E-state index in [4.69, 9.17) is 4.74 Å². The first-order valence-corrected chi connectivity index (χ1v) is 13.7. The second kappa shape index (κ2) is 12.3. The largest absolute Gasteiger partial charge is 0.462 e. The summed E-state index contributed by atoms with van der Waals surface area (Å²) in [4.78, 5) is 39.8. The number of amides is 2. The molecule has 0 radical (unpaired) electrons. The summed E-state index contributed by atoms with van der Waals surface area (Å²) >= 11 is 7.21. The number of halogens is 2. The van der Waals surface area contributed by atoms with Crippen LogP contribution in [0.3, 0.4) is 0 Å². The van der Waals surface area contributed by atoms with Gasteiger partial charge >= 0.3 is 5.97 Å². The summed E-state index contributed by atoms with van der Waals surface area (Å²) in [6.07, 6.45) is 10.8. The SMILES string of the molecule is CCCCCCCCCCOC(=O)c1ccc(N2C(=O)[C@H]3C[C@@H](Br)[C@H](Br)C[C@@H]3C2=O)cc1. The predicted octanol–water partition coefficient (Wildman–Crippen LogP) is 6.41. The van der Waals surface area contributed by atoms with Crippen molar-refractivity contribution < 1.29 is 19.1 Å². The molecule has 7 heteroatoms. The number of unbranched alkanes of at least 4 members (excludes halogenated alkanes) is 7. The number of ether oxygens (including phenoxy) is 1. The average Bonchev–Trinajstić information content (AvgIpc) is 3.02. The summed E-state index contributed by atoms with van der Waals surface area (Å²) < 4.78 is 5.38. The molecule has 2 aliphatic rings. The van der Waals surface area contributed by atoms with Crippen LogP contribution in [0.2, 0.25) is 0 Å². The molecule has 4 atom stereocenters. The molecule has 3 rings (SSSR count). The lowest BCUT2D eigenvalue weighted by Gasteiger charge is -2.29. The monoisotopic (exact) mass is 569 g/mol. The molecular formula is C25H33Br2NO4. The number of hydrogen-bond donors (Lipinski definition) is 0. The number of benzene rings is 1. The van der Waals surface area contributed by atoms with Crippen LogP contribution < -0.4 is 4.90 Å². The van der Waals surface area contributed by atoms with Crippen LogP contribution in [0.1, 0.15) is 81.5 Å². The number of carbonyl (C=O) groups excluding carboxylic acids is 3. The minimum absolute atomic E-state index is 0.145. The number of rotatable bonds is 11. The lowest BCUT2D eigenvalue weighted by atomic mass is 9.81. The Bertz CT molecular complexity index is 770. The molecule has 176 valence electrons. The van der Waals surface area contributed by atoms with Gasteiger partial charge in [-0.3, -0.25) is 14.5 Å². The number of anilines is 1. The van der Waals surface area contributed by atoms with Gasteiger partial charge in [-0.25, -0.2) is 4.79 Å². The fourth-order valence-corrected chi connectivity index (χ4v) is 5.82. The molecule has 1 saturated carbocycles. The lowest BCUT2D eigenvalue weighted by molar-refractivity contribution is -0.122. The van der Waals surface area contributed by atoms with Gasteiger partial charge < -0.3 is 4.74 Å². The highest BCUT2D eigenvalue weighted by molar-refractivity contribution is 9.12. The van der Waals surface area contributed by atoms with Gasteiger partial charge in [0, 0.05) is 9.65 Å². The van der Waals surface area contributed by atoms with Crippen LogP contribution in [0.25, 0.3) is 0 Å². The van der Waals surface area contributed by atoms with Gasteiger partial charge in [-0.15, -0.1) is 0 Å². The molecule has 0 N–H and O–H groups in total. The van der Waals surface area contributed by atoms with E-state index in [0.29, 0.717) is 30.7 Å². The molecular weight excluding hydrogens is 538 g/mol. The van der Waals surface area contributed by atoms with Gasteiger partial charge in [0.05, 0.1) is 29.7 Å². The lowest BCUT2D eigenvalue weighted by Crippen LogP contribution is -2.34. The van der Waals surface area contributed by atoms with Crippen molar-refractivity contribution in [3.05, 3.63) is 29.8 Å². The van der Waals surface area contributed by atoms with E-state index in [9.17, 15) is 14.4 Å². The highest BCUT2D eigenvalue weighted by Gasteiger charge is 2.52. The Morgan fingerprint density at radius 1 is 0.875 bits per heavy atom. The van der Waals surface area contributed by atoms with Crippen LogP contribution in [0, 0.1) is 11.8 Å². The number of imide groups is 1. The van der Waals surface area contributed by atoms with E-state index in [1.807, 2.05) is 0 Å². The molecule has 1 aliphatic carbocycles. The third kappa shape index (κ3) is 6.22. The Balaban J connectivity index is 1.46. The van der Waals surface area contributed by atoms with Crippen molar-refractivity contribution in [3.63, 3.8) is 0 Å². The van der Waals surface area contributed by atoms with E-state index in [2.05, 4.69) is 38.8 Å². The maximum Gasteiger partial charge on any atom is 0.338 e. The Kier molecular flexibility index (Phi) is 9.77. The van der Waals surface area contributed by atoms with Gasteiger partial charge in [0.25, 0.3) is 0 Å². The van der Waals surface area contributed by atoms with Crippen molar-refractivity contribution in [2.24, 2.45) is 11.8 Å². The highest BCUT2D eigenvalue weighted by atomic mass is 79.9. The molecule has 1 heterocycles. The topological polar surface area (TPSA) is 63.7 Å². The Labute approximate surface area is 207 Å². The summed E-state index contributed by atoms with van der Waals surface area (Å²) in [5, 5.41) is 0. The van der Waals surface area contributed by atoms with Crippen molar-refractivity contribution in [1.29, 1.82) is 0 Å². The van der Waals surface area contributed by atoms with Gasteiger partial charge in [-0.2, -0.15) is 0 Å². The van der Waals surface area contributed by atoms with E-state index in [1.165, 1.54) is 43.4 Å². The number of carbonyl (C=O) groups is 3. The first kappa shape index (κ1) is 25.4. The van der Waals surface area contributed by atoms with E-state index in [1.54, 1.807) is 24.3 Å². The van der Waals surface area contributed by atoms with Crippen LogP contribution in [0.5, 0.6) is 0 Å². The molecule has 1 aliphatic heterocycles. The smallest absolute Gasteiger partial charge is 0.338 e. The highest BCUT2D eigenvalue weighted by Crippen LogP contribution is 2.44. The average molecular weight is 571 g/mol. The van der Waals surface area contributed by atoms with Crippen molar-refractivity contribution in [2.45, 2.75) is 80.8 Å². The number of nitrogens with zero attached hydrogens (tertiary/aromatic N) is 1. The van der Waals surface area contributed by atoms with Crippen LogP contribution in [0.15, 0.2) is 24.3 Å². The molecule has 32 heavy (non-hydrogen) atoms. The van der Waals surface area contributed by atoms with Crippen LogP contribution >= 0.6 is 31.9 Å². The molecule has 0 unspecified atom stereocenters. The zero-order valence-electron chi connectivity index (χ0n) is 18.7. The van der Waals surface area contributed by atoms with Crippen LogP contribution in [-0.4, -0.2) is 34.0 Å². The molecule has 1 aromatic carbocycles. The van der Waals surface area contributed by atoms with Crippen LogP contribution in [-0.2, 0) is 14.3 Å². The maximum absolute atomic E-state index is 12.9. The Morgan fingerprint density at radius 2 is 1.38 bits per heavy atom. The zero-order valence-corrected chi connectivity index (χ0v) is 21.9. The van der Waals surface area contributed by atoms with E-state index >= 15 is 0 Å². The number of fused-ring (bicyclic) bond motifs is 1. The normalized spacial score (nSPS) is 25.2. The quantitative estimate of drug-likeness (QED) is 0.133. The summed E-state index contributed by atoms with van der Waals surface area (Å²) in [6.45, 7) is 2.64. The molecule has 0 spiro atoms. The molecule has 0 bridgehead atoms. The summed E-state index contributed by atoms with van der Waals surface area (Å²) in [7, 11) is 0. The fourth-order valence-electron chi connectivity index (χ4n) is 4.58. The fraction of sp³-hybridized carbons (Fsp3) is 0.640.